The average molecular weight is 437 g/mol. The monoisotopic (exact) mass is 436 g/mol. The lowest BCUT2D eigenvalue weighted by atomic mass is 10.1. The Hall–Kier alpha value is -3.39. The summed E-state index contributed by atoms with van der Waals surface area (Å²) in [4.78, 5) is 4.75. The van der Waals surface area contributed by atoms with Crippen molar-refractivity contribution in [1.82, 2.24) is 25.4 Å². The second kappa shape index (κ2) is 12.5. The molecule has 2 N–H and O–H groups in total. The van der Waals surface area contributed by atoms with Crippen LogP contribution >= 0.6 is 0 Å². The molecular weight excluding hydrogens is 404 g/mol. The summed E-state index contributed by atoms with van der Waals surface area (Å²) in [5, 5.41) is 14.9. The van der Waals surface area contributed by atoms with E-state index in [1.54, 1.807) is 6.33 Å². The second-order valence-corrected chi connectivity index (χ2v) is 7.16. The van der Waals surface area contributed by atoms with Gasteiger partial charge in [0.05, 0.1) is 19.7 Å². The summed E-state index contributed by atoms with van der Waals surface area (Å²) in [7, 11) is 0. The maximum atomic E-state index is 5.94. The number of aromatic nitrogens is 3. The molecule has 0 aliphatic heterocycles. The lowest BCUT2D eigenvalue weighted by molar-refractivity contribution is 0.110. The van der Waals surface area contributed by atoms with Crippen LogP contribution in [0.3, 0.4) is 0 Å². The quantitative estimate of drug-likeness (QED) is 0.273. The molecule has 3 aromatic rings. The molecule has 0 saturated carbocycles. The van der Waals surface area contributed by atoms with Gasteiger partial charge < -0.3 is 20.1 Å². The standard InChI is InChI=1S/C24H32N6O2/c1-4-25-24(27-17-23-29-28-18-30(23)21-9-7-6-8-10-21)26-16-20-12-11-19(3)15-22(20)32-14-13-31-5-2/h6-12,15,18H,4-5,13-14,16-17H2,1-3H3,(H2,25,26,27). The zero-order chi connectivity index (χ0) is 22.6. The third-order valence-corrected chi connectivity index (χ3v) is 4.73. The van der Waals surface area contributed by atoms with Gasteiger partial charge in [-0.3, -0.25) is 4.57 Å². The first-order chi connectivity index (χ1) is 15.7. The van der Waals surface area contributed by atoms with E-state index in [1.807, 2.05) is 54.8 Å². The molecule has 0 aliphatic rings. The molecule has 0 fully saturated rings. The van der Waals surface area contributed by atoms with Gasteiger partial charge in [0.1, 0.15) is 18.7 Å². The van der Waals surface area contributed by atoms with Gasteiger partial charge in [-0.1, -0.05) is 30.3 Å². The van der Waals surface area contributed by atoms with Crippen LogP contribution in [0.4, 0.5) is 0 Å². The molecule has 0 spiro atoms. The Morgan fingerprint density at radius 1 is 1.06 bits per heavy atom. The smallest absolute Gasteiger partial charge is 0.191 e. The number of nitrogens with one attached hydrogen (secondary N) is 2. The van der Waals surface area contributed by atoms with Crippen LogP contribution in [-0.2, 0) is 17.8 Å². The zero-order valence-corrected chi connectivity index (χ0v) is 19.0. The van der Waals surface area contributed by atoms with Gasteiger partial charge in [-0.2, -0.15) is 0 Å². The van der Waals surface area contributed by atoms with Crippen molar-refractivity contribution in [2.45, 2.75) is 33.9 Å². The van der Waals surface area contributed by atoms with Crippen LogP contribution in [0.1, 0.15) is 30.8 Å². The van der Waals surface area contributed by atoms with E-state index < -0.39 is 0 Å². The third kappa shape index (κ3) is 6.81. The third-order valence-electron chi connectivity index (χ3n) is 4.73. The molecule has 0 bridgehead atoms. The van der Waals surface area contributed by atoms with Crippen molar-refractivity contribution in [3.05, 3.63) is 71.8 Å². The SMILES string of the molecule is CCNC(=NCc1ccc(C)cc1OCCOCC)NCc1nncn1-c1ccccc1. The van der Waals surface area contributed by atoms with Gasteiger partial charge in [0.2, 0.25) is 0 Å². The fraction of sp³-hybridized carbons (Fsp3) is 0.375. The molecule has 0 unspecified atom stereocenters. The summed E-state index contributed by atoms with van der Waals surface area (Å²) < 4.78 is 13.3. The summed E-state index contributed by atoms with van der Waals surface area (Å²) in [6.07, 6.45) is 1.72. The number of hydrogen-bond acceptors (Lipinski definition) is 5. The fourth-order valence-corrected chi connectivity index (χ4v) is 3.13. The molecule has 1 aromatic heterocycles. The molecule has 3 rings (SSSR count). The Kier molecular flexibility index (Phi) is 9.06. The van der Waals surface area contributed by atoms with E-state index in [0.29, 0.717) is 38.9 Å². The lowest BCUT2D eigenvalue weighted by Gasteiger charge is -2.14. The van der Waals surface area contributed by atoms with E-state index >= 15 is 0 Å². The molecular formula is C24H32N6O2. The minimum absolute atomic E-state index is 0.491. The van der Waals surface area contributed by atoms with Gasteiger partial charge >= 0.3 is 0 Å². The Morgan fingerprint density at radius 2 is 1.91 bits per heavy atom. The molecule has 1 heterocycles. The normalized spacial score (nSPS) is 11.4. The second-order valence-electron chi connectivity index (χ2n) is 7.16. The largest absolute Gasteiger partial charge is 0.491 e. The molecule has 8 heteroatoms. The predicted octanol–water partition coefficient (Wildman–Crippen LogP) is 3.25. The maximum Gasteiger partial charge on any atom is 0.191 e. The highest BCUT2D eigenvalue weighted by Gasteiger charge is 2.09. The molecule has 0 aliphatic carbocycles. The maximum absolute atomic E-state index is 5.94. The number of aliphatic imine (C=N–C) groups is 1. The van der Waals surface area contributed by atoms with E-state index in [4.69, 9.17) is 14.5 Å². The molecule has 0 atom stereocenters. The number of benzene rings is 2. The van der Waals surface area contributed by atoms with Crippen molar-refractivity contribution in [2.75, 3.05) is 26.4 Å². The van der Waals surface area contributed by atoms with Crippen molar-refractivity contribution in [2.24, 2.45) is 4.99 Å². The number of para-hydroxylation sites is 1. The van der Waals surface area contributed by atoms with Gasteiger partial charge in [0.15, 0.2) is 11.8 Å². The molecule has 8 nitrogen and oxygen atoms in total. The highest BCUT2D eigenvalue weighted by atomic mass is 16.5. The first-order valence-corrected chi connectivity index (χ1v) is 11.0. The molecule has 0 amide bonds. The van der Waals surface area contributed by atoms with Crippen LogP contribution in [0.15, 0.2) is 59.9 Å². The number of guanidine groups is 1. The van der Waals surface area contributed by atoms with Crippen LogP contribution in [-0.4, -0.2) is 47.1 Å². The Balaban J connectivity index is 1.67. The van der Waals surface area contributed by atoms with Crippen LogP contribution in [0, 0.1) is 6.92 Å². The first kappa shape index (κ1) is 23.3. The molecule has 32 heavy (non-hydrogen) atoms. The summed E-state index contributed by atoms with van der Waals surface area (Å²) in [6.45, 7) is 9.57. The van der Waals surface area contributed by atoms with Gasteiger partial charge in [-0.15, -0.1) is 10.2 Å². The fourth-order valence-electron chi connectivity index (χ4n) is 3.13. The summed E-state index contributed by atoms with van der Waals surface area (Å²) in [5.41, 5.74) is 3.19. The van der Waals surface area contributed by atoms with Gasteiger partial charge in [0.25, 0.3) is 0 Å². The Bertz CT molecular complexity index is 987. The highest BCUT2D eigenvalue weighted by Crippen LogP contribution is 2.21. The summed E-state index contributed by atoms with van der Waals surface area (Å²) in [6, 6.07) is 16.2. The van der Waals surface area contributed by atoms with E-state index in [1.165, 1.54) is 0 Å². The van der Waals surface area contributed by atoms with Crippen molar-refractivity contribution in [3.63, 3.8) is 0 Å². The van der Waals surface area contributed by atoms with E-state index in [2.05, 4.69) is 39.9 Å². The van der Waals surface area contributed by atoms with Gasteiger partial charge in [-0.25, -0.2) is 4.99 Å². The van der Waals surface area contributed by atoms with Crippen molar-refractivity contribution >= 4 is 5.96 Å². The zero-order valence-electron chi connectivity index (χ0n) is 19.0. The minimum Gasteiger partial charge on any atom is -0.491 e. The Labute approximate surface area is 189 Å². The number of ether oxygens (including phenoxy) is 2. The molecule has 170 valence electrons. The lowest BCUT2D eigenvalue weighted by Crippen LogP contribution is -2.37. The predicted molar refractivity (Wildman–Crippen MR) is 126 cm³/mol. The number of nitrogens with zero attached hydrogens (tertiary/aromatic N) is 4. The summed E-state index contributed by atoms with van der Waals surface area (Å²) >= 11 is 0. The summed E-state index contributed by atoms with van der Waals surface area (Å²) in [5.74, 6) is 2.35. The van der Waals surface area contributed by atoms with E-state index in [9.17, 15) is 0 Å². The van der Waals surface area contributed by atoms with Crippen molar-refractivity contribution < 1.29 is 9.47 Å². The van der Waals surface area contributed by atoms with Crippen molar-refractivity contribution in [1.29, 1.82) is 0 Å². The van der Waals surface area contributed by atoms with Gasteiger partial charge in [-0.05, 0) is 44.5 Å². The number of hydrogen-bond donors (Lipinski definition) is 2. The van der Waals surface area contributed by atoms with Gasteiger partial charge in [0, 0.05) is 24.4 Å². The Morgan fingerprint density at radius 3 is 2.69 bits per heavy atom. The molecule has 0 saturated heterocycles. The highest BCUT2D eigenvalue weighted by molar-refractivity contribution is 5.79. The van der Waals surface area contributed by atoms with E-state index in [0.717, 1.165) is 34.9 Å². The topological polar surface area (TPSA) is 85.6 Å². The van der Waals surface area contributed by atoms with Crippen molar-refractivity contribution in [3.8, 4) is 11.4 Å². The van der Waals surface area contributed by atoms with Crippen LogP contribution in [0.5, 0.6) is 5.75 Å². The van der Waals surface area contributed by atoms with Crippen LogP contribution in [0.25, 0.3) is 5.69 Å². The number of aryl methyl sites for hydroxylation is 1. The van der Waals surface area contributed by atoms with Crippen LogP contribution in [0.2, 0.25) is 0 Å². The van der Waals surface area contributed by atoms with Crippen LogP contribution < -0.4 is 15.4 Å². The van der Waals surface area contributed by atoms with E-state index in [-0.39, 0.29) is 0 Å². The molecule has 2 aromatic carbocycles. The molecule has 0 radical (unpaired) electrons. The first-order valence-electron chi connectivity index (χ1n) is 11.0. The minimum atomic E-state index is 0.491. The number of rotatable bonds is 11. The average Bonchev–Trinajstić information content (AvgIpc) is 3.29.